The van der Waals surface area contributed by atoms with Gasteiger partial charge in [0, 0.05) is 9.64 Å². The van der Waals surface area contributed by atoms with Crippen LogP contribution in [0.5, 0.6) is 0 Å². The number of rotatable bonds is 2. The molecule has 0 aromatic heterocycles. The van der Waals surface area contributed by atoms with Gasteiger partial charge in [0.25, 0.3) is 0 Å². The lowest BCUT2D eigenvalue weighted by Gasteiger charge is -2.19. The molecule has 1 nitrogen and oxygen atoms in total. The van der Waals surface area contributed by atoms with Crippen molar-refractivity contribution >= 4 is 11.8 Å². The van der Waals surface area contributed by atoms with E-state index in [9.17, 15) is 4.39 Å². The molecule has 0 aliphatic carbocycles. The molecular weight excluding hydrogens is 199 g/mol. The molecule has 0 aliphatic heterocycles. The van der Waals surface area contributed by atoms with Crippen LogP contribution in [-0.4, -0.2) is 9.85 Å². The van der Waals surface area contributed by atoms with Crippen LogP contribution in [0.1, 0.15) is 26.3 Å². The van der Waals surface area contributed by atoms with E-state index in [0.29, 0.717) is 5.56 Å². The molecular formula is C11H15FOS. The SMILES string of the molecule is CC(C)(C)Sc1ccc(F)cc1CO. The minimum absolute atomic E-state index is 0.0712. The van der Waals surface area contributed by atoms with Gasteiger partial charge >= 0.3 is 0 Å². The molecule has 0 radical (unpaired) electrons. The molecule has 0 heterocycles. The second-order valence-corrected chi connectivity index (χ2v) is 5.99. The Labute approximate surface area is 88.3 Å². The third-order valence-corrected chi connectivity index (χ3v) is 2.84. The first-order chi connectivity index (χ1) is 6.42. The fraction of sp³-hybridized carbons (Fsp3) is 0.455. The first-order valence-electron chi connectivity index (χ1n) is 4.51. The highest BCUT2D eigenvalue weighted by Crippen LogP contribution is 2.34. The van der Waals surface area contributed by atoms with Gasteiger partial charge in [0.2, 0.25) is 0 Å². The highest BCUT2D eigenvalue weighted by Gasteiger charge is 2.14. The molecule has 0 atom stereocenters. The van der Waals surface area contributed by atoms with Crippen molar-refractivity contribution in [3.8, 4) is 0 Å². The van der Waals surface area contributed by atoms with Crippen LogP contribution in [0.3, 0.4) is 0 Å². The van der Waals surface area contributed by atoms with Gasteiger partial charge in [-0.15, -0.1) is 11.8 Å². The number of thioether (sulfide) groups is 1. The molecule has 0 unspecified atom stereocenters. The van der Waals surface area contributed by atoms with E-state index in [1.165, 1.54) is 12.1 Å². The van der Waals surface area contributed by atoms with E-state index in [1.54, 1.807) is 17.8 Å². The first kappa shape index (κ1) is 11.5. The van der Waals surface area contributed by atoms with Gasteiger partial charge in [-0.1, -0.05) is 20.8 Å². The average molecular weight is 214 g/mol. The second-order valence-electron chi connectivity index (χ2n) is 4.12. The summed E-state index contributed by atoms with van der Waals surface area (Å²) in [5.74, 6) is -0.299. The van der Waals surface area contributed by atoms with Crippen LogP contribution in [0.2, 0.25) is 0 Å². The Morgan fingerprint density at radius 2 is 2.00 bits per heavy atom. The van der Waals surface area contributed by atoms with Crippen molar-refractivity contribution < 1.29 is 9.50 Å². The van der Waals surface area contributed by atoms with Crippen LogP contribution in [0, 0.1) is 5.82 Å². The molecule has 1 aromatic carbocycles. The number of hydrogen-bond donors (Lipinski definition) is 1. The zero-order valence-electron chi connectivity index (χ0n) is 8.67. The summed E-state index contributed by atoms with van der Waals surface area (Å²) in [6.07, 6.45) is 0. The highest BCUT2D eigenvalue weighted by molar-refractivity contribution is 8.00. The van der Waals surface area contributed by atoms with Gasteiger partial charge in [-0.3, -0.25) is 0 Å². The minimum atomic E-state index is -0.299. The topological polar surface area (TPSA) is 20.2 Å². The van der Waals surface area contributed by atoms with Crippen molar-refractivity contribution in [2.75, 3.05) is 0 Å². The Balaban J connectivity index is 2.97. The fourth-order valence-electron chi connectivity index (χ4n) is 1.10. The van der Waals surface area contributed by atoms with Crippen LogP contribution in [0.15, 0.2) is 23.1 Å². The summed E-state index contributed by atoms with van der Waals surface area (Å²) in [4.78, 5) is 0.946. The summed E-state index contributed by atoms with van der Waals surface area (Å²) >= 11 is 1.63. The molecule has 78 valence electrons. The largest absolute Gasteiger partial charge is 0.392 e. The Morgan fingerprint density at radius 3 is 2.50 bits per heavy atom. The van der Waals surface area contributed by atoms with E-state index < -0.39 is 0 Å². The number of hydrogen-bond acceptors (Lipinski definition) is 2. The smallest absolute Gasteiger partial charge is 0.123 e. The number of benzene rings is 1. The van der Waals surface area contributed by atoms with E-state index in [-0.39, 0.29) is 17.2 Å². The van der Waals surface area contributed by atoms with E-state index in [4.69, 9.17) is 5.11 Å². The van der Waals surface area contributed by atoms with Crippen molar-refractivity contribution in [2.45, 2.75) is 37.0 Å². The van der Waals surface area contributed by atoms with Crippen molar-refractivity contribution in [2.24, 2.45) is 0 Å². The Bertz CT molecular complexity index is 318. The lowest BCUT2D eigenvalue weighted by Crippen LogP contribution is -2.07. The van der Waals surface area contributed by atoms with Crippen molar-refractivity contribution in [1.29, 1.82) is 0 Å². The van der Waals surface area contributed by atoms with Gasteiger partial charge in [0.15, 0.2) is 0 Å². The molecule has 0 spiro atoms. The van der Waals surface area contributed by atoms with Crippen molar-refractivity contribution in [1.82, 2.24) is 0 Å². The van der Waals surface area contributed by atoms with Crippen LogP contribution in [-0.2, 0) is 6.61 Å². The fourth-order valence-corrected chi connectivity index (χ4v) is 2.15. The average Bonchev–Trinajstić information content (AvgIpc) is 2.06. The van der Waals surface area contributed by atoms with E-state index in [2.05, 4.69) is 20.8 Å². The molecule has 0 amide bonds. The van der Waals surface area contributed by atoms with E-state index >= 15 is 0 Å². The minimum Gasteiger partial charge on any atom is -0.392 e. The molecule has 1 aromatic rings. The lowest BCUT2D eigenvalue weighted by atomic mass is 10.2. The molecule has 0 saturated carbocycles. The Kier molecular flexibility index (Phi) is 3.56. The molecule has 0 bridgehead atoms. The van der Waals surface area contributed by atoms with Crippen molar-refractivity contribution in [3.05, 3.63) is 29.6 Å². The first-order valence-corrected chi connectivity index (χ1v) is 5.32. The molecule has 3 heteroatoms. The summed E-state index contributed by atoms with van der Waals surface area (Å²) in [5, 5.41) is 9.06. The summed E-state index contributed by atoms with van der Waals surface area (Å²) in [7, 11) is 0. The molecule has 14 heavy (non-hydrogen) atoms. The summed E-state index contributed by atoms with van der Waals surface area (Å²) in [6.45, 7) is 6.14. The summed E-state index contributed by atoms with van der Waals surface area (Å²) in [5.41, 5.74) is 0.657. The maximum absolute atomic E-state index is 12.8. The maximum Gasteiger partial charge on any atom is 0.123 e. The van der Waals surface area contributed by atoms with Gasteiger partial charge < -0.3 is 5.11 Å². The standard InChI is InChI=1S/C11H15FOS/c1-11(2,3)14-10-5-4-9(12)6-8(10)7-13/h4-6,13H,7H2,1-3H3. The Hall–Kier alpha value is -0.540. The zero-order chi connectivity index (χ0) is 10.8. The normalized spacial score (nSPS) is 11.8. The molecule has 1 N–H and O–H groups in total. The third-order valence-electron chi connectivity index (χ3n) is 1.61. The monoisotopic (exact) mass is 214 g/mol. The molecule has 1 rings (SSSR count). The predicted molar refractivity (Wildman–Crippen MR) is 57.9 cm³/mol. The van der Waals surface area contributed by atoms with Gasteiger partial charge in [0.1, 0.15) is 5.82 Å². The molecule has 0 saturated heterocycles. The highest BCUT2D eigenvalue weighted by atomic mass is 32.2. The predicted octanol–water partition coefficient (Wildman–Crippen LogP) is 3.21. The lowest BCUT2D eigenvalue weighted by molar-refractivity contribution is 0.278. The molecule has 0 fully saturated rings. The van der Waals surface area contributed by atoms with Crippen LogP contribution in [0.25, 0.3) is 0 Å². The van der Waals surface area contributed by atoms with Gasteiger partial charge in [-0.2, -0.15) is 0 Å². The molecule has 0 aliphatic rings. The number of aliphatic hydroxyl groups excluding tert-OH is 1. The van der Waals surface area contributed by atoms with Gasteiger partial charge in [-0.05, 0) is 23.8 Å². The quantitative estimate of drug-likeness (QED) is 0.763. The zero-order valence-corrected chi connectivity index (χ0v) is 9.49. The summed E-state index contributed by atoms with van der Waals surface area (Å²) in [6, 6.07) is 4.53. The number of aliphatic hydroxyl groups is 1. The number of halogens is 1. The van der Waals surface area contributed by atoms with E-state index in [0.717, 1.165) is 4.90 Å². The third kappa shape index (κ3) is 3.31. The second kappa shape index (κ2) is 4.32. The van der Waals surface area contributed by atoms with Crippen LogP contribution < -0.4 is 0 Å². The van der Waals surface area contributed by atoms with Crippen LogP contribution in [0.4, 0.5) is 4.39 Å². The summed E-state index contributed by atoms with van der Waals surface area (Å²) < 4.78 is 12.9. The maximum atomic E-state index is 12.8. The van der Waals surface area contributed by atoms with E-state index in [1.807, 2.05) is 0 Å². The van der Waals surface area contributed by atoms with Crippen LogP contribution >= 0.6 is 11.8 Å². The Morgan fingerprint density at radius 1 is 1.36 bits per heavy atom. The van der Waals surface area contributed by atoms with Crippen molar-refractivity contribution in [3.63, 3.8) is 0 Å². The van der Waals surface area contributed by atoms with Gasteiger partial charge in [0.05, 0.1) is 6.61 Å². The van der Waals surface area contributed by atoms with Gasteiger partial charge in [-0.25, -0.2) is 4.39 Å².